The molecule has 0 bridgehead atoms. The summed E-state index contributed by atoms with van der Waals surface area (Å²) in [6.45, 7) is 2.12. The molecule has 0 aromatic heterocycles. The van der Waals surface area contributed by atoms with Crippen molar-refractivity contribution in [3.05, 3.63) is 62.1 Å². The van der Waals surface area contributed by atoms with E-state index in [1.165, 1.54) is 6.07 Å². The van der Waals surface area contributed by atoms with Crippen LogP contribution in [0.25, 0.3) is 0 Å². The smallest absolute Gasteiger partial charge is 0.275 e. The molecule has 5 nitrogen and oxygen atoms in total. The van der Waals surface area contributed by atoms with Gasteiger partial charge in [0.1, 0.15) is 5.75 Å². The summed E-state index contributed by atoms with van der Waals surface area (Å²) in [6.07, 6.45) is 0. The SMILES string of the molecule is Cc1ccc(NCc2ccc(Br)cc2[N+](=O)[O-])cc1O. The number of anilines is 1. The molecule has 0 unspecified atom stereocenters. The van der Waals surface area contributed by atoms with Crippen LogP contribution < -0.4 is 5.32 Å². The van der Waals surface area contributed by atoms with Gasteiger partial charge >= 0.3 is 0 Å². The van der Waals surface area contributed by atoms with Gasteiger partial charge in [-0.3, -0.25) is 10.1 Å². The second-order valence-electron chi connectivity index (χ2n) is 4.38. The van der Waals surface area contributed by atoms with Crippen molar-refractivity contribution >= 4 is 27.3 Å². The molecule has 0 spiro atoms. The summed E-state index contributed by atoms with van der Waals surface area (Å²) in [5, 5.41) is 23.7. The highest BCUT2D eigenvalue weighted by molar-refractivity contribution is 9.10. The Hall–Kier alpha value is -2.08. The van der Waals surface area contributed by atoms with E-state index in [4.69, 9.17) is 0 Å². The Balaban J connectivity index is 2.18. The second-order valence-corrected chi connectivity index (χ2v) is 5.30. The Labute approximate surface area is 124 Å². The first-order chi connectivity index (χ1) is 9.47. The largest absolute Gasteiger partial charge is 0.508 e. The maximum Gasteiger partial charge on any atom is 0.275 e. The van der Waals surface area contributed by atoms with Gasteiger partial charge in [-0.2, -0.15) is 0 Å². The molecule has 0 aliphatic rings. The third-order valence-electron chi connectivity index (χ3n) is 2.94. The molecule has 0 atom stereocenters. The van der Waals surface area contributed by atoms with Crippen molar-refractivity contribution in [2.45, 2.75) is 13.5 Å². The zero-order valence-electron chi connectivity index (χ0n) is 10.8. The van der Waals surface area contributed by atoms with E-state index in [1.807, 2.05) is 6.07 Å². The lowest BCUT2D eigenvalue weighted by molar-refractivity contribution is -0.385. The highest BCUT2D eigenvalue weighted by Crippen LogP contribution is 2.25. The Morgan fingerprint density at radius 3 is 2.70 bits per heavy atom. The minimum absolute atomic E-state index is 0.0585. The zero-order valence-corrected chi connectivity index (χ0v) is 12.3. The maximum atomic E-state index is 11.0. The number of hydrogen-bond acceptors (Lipinski definition) is 4. The van der Waals surface area contributed by atoms with Gasteiger partial charge < -0.3 is 10.4 Å². The van der Waals surface area contributed by atoms with Crippen molar-refractivity contribution in [2.24, 2.45) is 0 Å². The van der Waals surface area contributed by atoms with E-state index in [0.717, 1.165) is 5.56 Å². The fourth-order valence-electron chi connectivity index (χ4n) is 1.77. The van der Waals surface area contributed by atoms with Gasteiger partial charge in [-0.15, -0.1) is 0 Å². The van der Waals surface area contributed by atoms with E-state index in [9.17, 15) is 15.2 Å². The molecular formula is C14H13BrN2O3. The molecule has 0 aliphatic heterocycles. The number of phenolic OH excluding ortho intramolecular Hbond substituents is 1. The number of nitro benzene ring substituents is 1. The summed E-state index contributed by atoms with van der Waals surface area (Å²) in [5.74, 6) is 0.195. The molecule has 6 heteroatoms. The van der Waals surface area contributed by atoms with Crippen LogP contribution in [-0.4, -0.2) is 10.0 Å². The van der Waals surface area contributed by atoms with Crippen molar-refractivity contribution in [3.63, 3.8) is 0 Å². The molecule has 2 N–H and O–H groups in total. The molecule has 0 radical (unpaired) electrons. The average molecular weight is 337 g/mol. The second kappa shape index (κ2) is 5.92. The lowest BCUT2D eigenvalue weighted by atomic mass is 10.1. The molecule has 0 saturated carbocycles. The highest BCUT2D eigenvalue weighted by atomic mass is 79.9. The van der Waals surface area contributed by atoms with Gasteiger partial charge in [0.15, 0.2) is 0 Å². The molecular weight excluding hydrogens is 324 g/mol. The van der Waals surface area contributed by atoms with Crippen molar-refractivity contribution in [1.82, 2.24) is 0 Å². The lowest BCUT2D eigenvalue weighted by Crippen LogP contribution is -2.03. The quantitative estimate of drug-likeness (QED) is 0.654. The van der Waals surface area contributed by atoms with Gasteiger partial charge in [0, 0.05) is 34.4 Å². The standard InChI is InChI=1S/C14H13BrN2O3/c1-9-2-5-12(7-14(9)18)16-8-10-3-4-11(15)6-13(10)17(19)20/h2-7,16,18H,8H2,1H3. The van der Waals surface area contributed by atoms with E-state index >= 15 is 0 Å². The first-order valence-electron chi connectivity index (χ1n) is 5.93. The molecule has 104 valence electrons. The van der Waals surface area contributed by atoms with Crippen LogP contribution in [0.1, 0.15) is 11.1 Å². The zero-order chi connectivity index (χ0) is 14.7. The predicted octanol–water partition coefficient (Wildman–Crippen LogP) is 3.98. The van der Waals surface area contributed by atoms with Gasteiger partial charge in [-0.25, -0.2) is 0 Å². The summed E-state index contributed by atoms with van der Waals surface area (Å²) in [5.41, 5.74) is 2.14. The number of phenols is 1. The fraction of sp³-hybridized carbons (Fsp3) is 0.143. The minimum atomic E-state index is -0.408. The average Bonchev–Trinajstić information content (AvgIpc) is 2.41. The van der Waals surface area contributed by atoms with Crippen LogP contribution in [-0.2, 0) is 6.54 Å². The van der Waals surface area contributed by atoms with Crippen LogP contribution in [0.3, 0.4) is 0 Å². The van der Waals surface area contributed by atoms with Gasteiger partial charge in [-0.05, 0) is 30.7 Å². The predicted molar refractivity (Wildman–Crippen MR) is 81.0 cm³/mol. The van der Waals surface area contributed by atoms with Crippen LogP contribution in [0.4, 0.5) is 11.4 Å². The van der Waals surface area contributed by atoms with Crippen molar-refractivity contribution in [3.8, 4) is 5.75 Å². The number of halogens is 1. The van der Waals surface area contributed by atoms with Gasteiger partial charge in [0.2, 0.25) is 0 Å². The third kappa shape index (κ3) is 3.27. The number of benzene rings is 2. The van der Waals surface area contributed by atoms with E-state index in [1.54, 1.807) is 31.2 Å². The summed E-state index contributed by atoms with van der Waals surface area (Å²) in [4.78, 5) is 10.6. The fourth-order valence-corrected chi connectivity index (χ4v) is 2.12. The molecule has 2 aromatic rings. The Morgan fingerprint density at radius 2 is 2.05 bits per heavy atom. The Morgan fingerprint density at radius 1 is 1.30 bits per heavy atom. The first kappa shape index (κ1) is 14.3. The highest BCUT2D eigenvalue weighted by Gasteiger charge is 2.13. The number of nitrogens with zero attached hydrogens (tertiary/aromatic N) is 1. The topological polar surface area (TPSA) is 75.4 Å². The maximum absolute atomic E-state index is 11.0. The molecule has 0 amide bonds. The molecule has 2 aromatic carbocycles. The number of nitro groups is 1. The normalized spacial score (nSPS) is 10.3. The number of aryl methyl sites for hydroxylation is 1. The third-order valence-corrected chi connectivity index (χ3v) is 3.43. The van der Waals surface area contributed by atoms with Crippen LogP contribution in [0, 0.1) is 17.0 Å². The monoisotopic (exact) mass is 336 g/mol. The van der Waals surface area contributed by atoms with E-state index < -0.39 is 4.92 Å². The van der Waals surface area contributed by atoms with Crippen LogP contribution in [0.5, 0.6) is 5.75 Å². The molecule has 0 aliphatic carbocycles. The van der Waals surface area contributed by atoms with Crippen molar-refractivity contribution in [2.75, 3.05) is 5.32 Å². The van der Waals surface area contributed by atoms with Gasteiger partial charge in [-0.1, -0.05) is 22.0 Å². The molecule has 0 saturated heterocycles. The summed E-state index contributed by atoms with van der Waals surface area (Å²) < 4.78 is 0.668. The van der Waals surface area contributed by atoms with Crippen LogP contribution in [0.15, 0.2) is 40.9 Å². The number of hydrogen-bond donors (Lipinski definition) is 2. The molecule has 2 rings (SSSR count). The lowest BCUT2D eigenvalue weighted by Gasteiger charge is -2.09. The summed E-state index contributed by atoms with van der Waals surface area (Å²) in [7, 11) is 0. The van der Waals surface area contributed by atoms with E-state index in [0.29, 0.717) is 22.3 Å². The van der Waals surface area contributed by atoms with Crippen LogP contribution in [0.2, 0.25) is 0 Å². The number of aromatic hydroxyl groups is 1. The van der Waals surface area contributed by atoms with Gasteiger partial charge in [0.05, 0.1) is 4.92 Å². The Kier molecular flexibility index (Phi) is 4.24. The van der Waals surface area contributed by atoms with E-state index in [2.05, 4.69) is 21.2 Å². The molecule has 0 fully saturated rings. The molecule has 20 heavy (non-hydrogen) atoms. The number of rotatable bonds is 4. The number of nitrogens with one attached hydrogen (secondary N) is 1. The van der Waals surface area contributed by atoms with Crippen molar-refractivity contribution < 1.29 is 10.0 Å². The van der Waals surface area contributed by atoms with Crippen LogP contribution >= 0.6 is 15.9 Å². The summed E-state index contributed by atoms with van der Waals surface area (Å²) in [6, 6.07) is 10.1. The summed E-state index contributed by atoms with van der Waals surface area (Å²) >= 11 is 3.22. The minimum Gasteiger partial charge on any atom is -0.508 e. The Bertz CT molecular complexity index is 659. The molecule has 0 heterocycles. The van der Waals surface area contributed by atoms with Crippen molar-refractivity contribution in [1.29, 1.82) is 0 Å². The first-order valence-corrected chi connectivity index (χ1v) is 6.73. The van der Waals surface area contributed by atoms with Gasteiger partial charge in [0.25, 0.3) is 5.69 Å². The van der Waals surface area contributed by atoms with E-state index in [-0.39, 0.29) is 11.4 Å².